The van der Waals surface area contributed by atoms with E-state index in [2.05, 4.69) is 52.5 Å². The fraction of sp³-hybridized carbons (Fsp3) is 0.647. The van der Waals surface area contributed by atoms with Gasteiger partial charge in [-0.2, -0.15) is 5.10 Å². The van der Waals surface area contributed by atoms with E-state index in [-0.39, 0.29) is 11.8 Å². The van der Waals surface area contributed by atoms with E-state index in [1.807, 2.05) is 0 Å². The zero-order valence-electron chi connectivity index (χ0n) is 15.8. The molecule has 26 heavy (non-hydrogen) atoms. The molecule has 0 aliphatic carbocycles. The molecule has 3 heterocycles. The summed E-state index contributed by atoms with van der Waals surface area (Å²) in [6.45, 7) is 12.1. The third-order valence-corrected chi connectivity index (χ3v) is 6.73. The molecule has 1 aliphatic rings. The van der Waals surface area contributed by atoms with Gasteiger partial charge in [-0.1, -0.05) is 19.6 Å². The molecule has 1 saturated heterocycles. The highest BCUT2D eigenvalue weighted by Crippen LogP contribution is 2.33. The molecule has 1 atom stereocenters. The van der Waals surface area contributed by atoms with Gasteiger partial charge < -0.3 is 19.5 Å². The molecular weight excluding hydrogens is 416 g/mol. The lowest BCUT2D eigenvalue weighted by Crippen LogP contribution is -2.44. The van der Waals surface area contributed by atoms with E-state index in [0.717, 1.165) is 18.4 Å². The van der Waals surface area contributed by atoms with Crippen molar-refractivity contribution >= 4 is 40.9 Å². The zero-order chi connectivity index (χ0) is 18.9. The van der Waals surface area contributed by atoms with E-state index in [1.54, 1.807) is 10.7 Å². The van der Waals surface area contributed by atoms with Crippen molar-refractivity contribution in [1.82, 2.24) is 14.8 Å². The number of aromatic hydroxyl groups is 1. The minimum Gasteiger partial charge on any atom is -0.505 e. The van der Waals surface area contributed by atoms with Gasteiger partial charge in [0.15, 0.2) is 4.60 Å². The van der Waals surface area contributed by atoms with Gasteiger partial charge in [0.1, 0.15) is 29.3 Å². The van der Waals surface area contributed by atoms with Crippen LogP contribution in [0.3, 0.4) is 0 Å². The number of pyridine rings is 1. The first-order chi connectivity index (χ1) is 12.3. The number of nitrogens with zero attached hydrogens (tertiary/aromatic N) is 4. The lowest BCUT2D eigenvalue weighted by atomic mass is 10.2. The summed E-state index contributed by atoms with van der Waals surface area (Å²) in [6.07, 6.45) is 0. The van der Waals surface area contributed by atoms with Crippen LogP contribution in [0, 0.1) is 0 Å². The zero-order valence-corrected chi connectivity index (χ0v) is 18.4. The number of fused-ring (bicyclic) bond motifs is 1. The Hall–Kier alpha value is -1.16. The molecule has 2 aromatic heterocycles. The summed E-state index contributed by atoms with van der Waals surface area (Å²) in [5, 5.41) is 15.1. The van der Waals surface area contributed by atoms with E-state index in [1.165, 1.54) is 0 Å². The fourth-order valence-electron chi connectivity index (χ4n) is 2.95. The van der Waals surface area contributed by atoms with Crippen molar-refractivity contribution in [3.63, 3.8) is 0 Å². The topological polar surface area (TPSA) is 72.6 Å². The molecule has 0 saturated carbocycles. The summed E-state index contributed by atoms with van der Waals surface area (Å²) in [5.41, 5.74) is 1.24. The number of morpholine rings is 1. The second kappa shape index (κ2) is 7.83. The molecule has 0 spiro atoms. The molecule has 3 rings (SSSR count). The number of rotatable bonds is 6. The summed E-state index contributed by atoms with van der Waals surface area (Å²) in [7, 11) is -1.13. The summed E-state index contributed by atoms with van der Waals surface area (Å²) in [6, 6.07) is 3.01. The van der Waals surface area contributed by atoms with Gasteiger partial charge in [0.05, 0.1) is 19.3 Å². The third kappa shape index (κ3) is 4.38. The van der Waals surface area contributed by atoms with Crippen molar-refractivity contribution in [3.8, 4) is 5.75 Å². The van der Waals surface area contributed by atoms with E-state index in [0.29, 0.717) is 42.2 Å². The SMILES string of the molecule is C[C@@H]1COCCN1c1cc(O)c2c(n1)c(Br)nn2COCC[Si](C)(C)C. The summed E-state index contributed by atoms with van der Waals surface area (Å²) >= 11 is 3.47. The normalized spacial score (nSPS) is 18.7. The summed E-state index contributed by atoms with van der Waals surface area (Å²) in [5.74, 6) is 0.904. The number of ether oxygens (including phenoxy) is 2. The van der Waals surface area contributed by atoms with Crippen LogP contribution >= 0.6 is 15.9 Å². The van der Waals surface area contributed by atoms with E-state index >= 15 is 0 Å². The minimum atomic E-state index is -1.13. The first-order valence-electron chi connectivity index (χ1n) is 8.94. The number of anilines is 1. The molecule has 2 aromatic rings. The van der Waals surface area contributed by atoms with Crippen molar-refractivity contribution < 1.29 is 14.6 Å². The van der Waals surface area contributed by atoms with Crippen molar-refractivity contribution in [3.05, 3.63) is 10.7 Å². The Morgan fingerprint density at radius 1 is 1.42 bits per heavy atom. The third-order valence-electron chi connectivity index (χ3n) is 4.49. The Kier molecular flexibility index (Phi) is 5.90. The largest absolute Gasteiger partial charge is 0.505 e. The van der Waals surface area contributed by atoms with Crippen LogP contribution in [0.1, 0.15) is 6.92 Å². The molecule has 9 heteroatoms. The Morgan fingerprint density at radius 2 is 2.19 bits per heavy atom. The van der Waals surface area contributed by atoms with Gasteiger partial charge in [-0.15, -0.1) is 0 Å². The van der Waals surface area contributed by atoms with E-state index in [9.17, 15) is 5.11 Å². The smallest absolute Gasteiger partial charge is 0.154 e. The highest BCUT2D eigenvalue weighted by Gasteiger charge is 2.23. The van der Waals surface area contributed by atoms with Crippen LogP contribution in [0.2, 0.25) is 25.7 Å². The van der Waals surface area contributed by atoms with Crippen molar-refractivity contribution in [2.45, 2.75) is 45.4 Å². The number of hydrogen-bond acceptors (Lipinski definition) is 6. The van der Waals surface area contributed by atoms with Gasteiger partial charge >= 0.3 is 0 Å². The van der Waals surface area contributed by atoms with Gasteiger partial charge in [-0.25, -0.2) is 9.67 Å². The Bertz CT molecular complexity index is 777. The van der Waals surface area contributed by atoms with Crippen molar-refractivity contribution in [1.29, 1.82) is 0 Å². The molecular formula is C17H27BrN4O3Si. The van der Waals surface area contributed by atoms with Crippen LogP contribution < -0.4 is 4.90 Å². The van der Waals surface area contributed by atoms with Gasteiger partial charge in [0, 0.05) is 27.3 Å². The molecule has 0 radical (unpaired) electrons. The van der Waals surface area contributed by atoms with Gasteiger partial charge in [0.2, 0.25) is 0 Å². The van der Waals surface area contributed by atoms with Crippen LogP contribution in [0.15, 0.2) is 10.7 Å². The van der Waals surface area contributed by atoms with Gasteiger partial charge in [-0.05, 0) is 28.9 Å². The average Bonchev–Trinajstić information content (AvgIpc) is 2.88. The van der Waals surface area contributed by atoms with E-state index < -0.39 is 8.07 Å². The summed E-state index contributed by atoms with van der Waals surface area (Å²) < 4.78 is 13.5. The number of halogens is 1. The first-order valence-corrected chi connectivity index (χ1v) is 13.4. The Morgan fingerprint density at radius 3 is 2.88 bits per heavy atom. The second-order valence-electron chi connectivity index (χ2n) is 7.95. The molecule has 1 N–H and O–H groups in total. The highest BCUT2D eigenvalue weighted by atomic mass is 79.9. The molecule has 0 amide bonds. The van der Waals surface area contributed by atoms with Crippen molar-refractivity contribution in [2.24, 2.45) is 0 Å². The predicted molar refractivity (Wildman–Crippen MR) is 109 cm³/mol. The molecule has 0 unspecified atom stereocenters. The first kappa shape index (κ1) is 19.6. The lowest BCUT2D eigenvalue weighted by Gasteiger charge is -2.34. The fourth-order valence-corrected chi connectivity index (χ4v) is 4.18. The number of aromatic nitrogens is 3. The van der Waals surface area contributed by atoms with Crippen LogP contribution in [0.25, 0.3) is 11.0 Å². The Labute approximate surface area is 163 Å². The molecule has 144 valence electrons. The lowest BCUT2D eigenvalue weighted by molar-refractivity contribution is 0.0812. The molecule has 1 fully saturated rings. The Balaban J connectivity index is 1.82. The monoisotopic (exact) mass is 442 g/mol. The quantitative estimate of drug-likeness (QED) is 0.545. The van der Waals surface area contributed by atoms with Crippen LogP contribution in [-0.4, -0.2) is 60.4 Å². The maximum absolute atomic E-state index is 10.6. The molecule has 0 aromatic carbocycles. The molecule has 1 aliphatic heterocycles. The van der Waals surface area contributed by atoms with Gasteiger partial charge in [0.25, 0.3) is 0 Å². The second-order valence-corrected chi connectivity index (χ2v) is 14.3. The van der Waals surface area contributed by atoms with E-state index in [4.69, 9.17) is 14.5 Å². The molecule has 7 nitrogen and oxygen atoms in total. The maximum Gasteiger partial charge on any atom is 0.154 e. The molecule has 0 bridgehead atoms. The van der Waals surface area contributed by atoms with Crippen molar-refractivity contribution in [2.75, 3.05) is 31.3 Å². The van der Waals surface area contributed by atoms with Gasteiger partial charge in [-0.3, -0.25) is 0 Å². The maximum atomic E-state index is 10.6. The predicted octanol–water partition coefficient (Wildman–Crippen LogP) is 3.44. The van der Waals surface area contributed by atoms with Crippen LogP contribution in [-0.2, 0) is 16.2 Å². The number of hydrogen-bond donors (Lipinski definition) is 1. The standard InChI is InChI=1S/C17H27BrN4O3Si/c1-12-10-24-6-5-21(12)14-9-13(23)16-15(19-14)17(18)20-22(16)11-25-7-8-26(2,3)4/h9,12H,5-8,10-11H2,1-4H3,(H,19,23)/t12-/m1/s1. The highest BCUT2D eigenvalue weighted by molar-refractivity contribution is 9.10. The minimum absolute atomic E-state index is 0.163. The average molecular weight is 443 g/mol. The van der Waals surface area contributed by atoms with Crippen LogP contribution in [0.5, 0.6) is 5.75 Å². The van der Waals surface area contributed by atoms with Crippen LogP contribution in [0.4, 0.5) is 5.82 Å². The summed E-state index contributed by atoms with van der Waals surface area (Å²) in [4.78, 5) is 6.88.